The Balaban J connectivity index is 2.39. The number of hydrogen-bond donors (Lipinski definition) is 2. The summed E-state index contributed by atoms with van der Waals surface area (Å²) in [5.41, 5.74) is 0. The largest absolute Gasteiger partial charge is 0.492 e. The van der Waals surface area contributed by atoms with Crippen molar-refractivity contribution in [3.63, 3.8) is 0 Å². The van der Waals surface area contributed by atoms with E-state index in [0.29, 0.717) is 30.9 Å². The summed E-state index contributed by atoms with van der Waals surface area (Å²) in [5, 5.41) is 6.48. The van der Waals surface area contributed by atoms with E-state index in [1.165, 1.54) is 6.26 Å². The van der Waals surface area contributed by atoms with Crippen LogP contribution in [0.4, 0.5) is 0 Å². The summed E-state index contributed by atoms with van der Waals surface area (Å²) in [4.78, 5) is 4.45. The fourth-order valence-corrected chi connectivity index (χ4v) is 2.33. The van der Waals surface area contributed by atoms with E-state index in [4.69, 9.17) is 4.74 Å². The molecule has 130 valence electrons. The number of nitrogens with zero attached hydrogens (tertiary/aromatic N) is 1. The maximum Gasteiger partial charge on any atom is 0.191 e. The molecular formula is C16H27N3O3S. The molecule has 0 spiro atoms. The summed E-state index contributed by atoms with van der Waals surface area (Å²) in [6, 6.07) is 6.73. The lowest BCUT2D eigenvalue weighted by Gasteiger charge is -2.20. The quantitative estimate of drug-likeness (QED) is 0.448. The van der Waals surface area contributed by atoms with Crippen LogP contribution < -0.4 is 15.4 Å². The molecule has 2 N–H and O–H groups in total. The van der Waals surface area contributed by atoms with Gasteiger partial charge in [0.05, 0.1) is 11.4 Å². The van der Waals surface area contributed by atoms with Gasteiger partial charge in [0.1, 0.15) is 12.4 Å². The zero-order valence-corrected chi connectivity index (χ0v) is 15.3. The van der Waals surface area contributed by atoms with Crippen molar-refractivity contribution in [2.24, 2.45) is 10.9 Å². The summed E-state index contributed by atoms with van der Waals surface area (Å²) in [5.74, 6) is 1.89. The molecule has 0 fully saturated rings. The molecule has 0 saturated carbocycles. The van der Waals surface area contributed by atoms with E-state index in [0.717, 1.165) is 5.96 Å². The highest BCUT2D eigenvalue weighted by Gasteiger charge is 2.09. The van der Waals surface area contributed by atoms with Crippen molar-refractivity contribution in [3.8, 4) is 5.75 Å². The number of benzene rings is 1. The van der Waals surface area contributed by atoms with Crippen molar-refractivity contribution in [2.45, 2.75) is 31.7 Å². The fourth-order valence-electron chi connectivity index (χ4n) is 1.70. The van der Waals surface area contributed by atoms with Crippen LogP contribution in [0.5, 0.6) is 5.75 Å². The first-order chi connectivity index (χ1) is 10.7. The van der Waals surface area contributed by atoms with Crippen LogP contribution in [0.25, 0.3) is 0 Å². The van der Waals surface area contributed by atoms with Crippen LogP contribution in [0.1, 0.15) is 20.8 Å². The van der Waals surface area contributed by atoms with Crippen LogP contribution in [0.3, 0.4) is 0 Å². The smallest absolute Gasteiger partial charge is 0.191 e. The first kappa shape index (κ1) is 19.3. The summed E-state index contributed by atoms with van der Waals surface area (Å²) in [6.07, 6.45) is 1.18. The SMILES string of the molecule is CN=C(NCCOc1ccc(S(C)(=O)=O)cc1)NC(C)C(C)C. The van der Waals surface area contributed by atoms with Crippen molar-refractivity contribution >= 4 is 15.8 Å². The van der Waals surface area contributed by atoms with Gasteiger partial charge in [0.2, 0.25) is 0 Å². The Hall–Kier alpha value is -1.76. The maximum atomic E-state index is 11.4. The molecule has 0 radical (unpaired) electrons. The van der Waals surface area contributed by atoms with Crippen LogP contribution in [-0.4, -0.2) is 46.9 Å². The lowest BCUT2D eigenvalue weighted by atomic mass is 10.1. The van der Waals surface area contributed by atoms with Gasteiger partial charge in [0.25, 0.3) is 0 Å². The van der Waals surface area contributed by atoms with Gasteiger partial charge in [0.15, 0.2) is 15.8 Å². The molecule has 23 heavy (non-hydrogen) atoms. The van der Waals surface area contributed by atoms with E-state index < -0.39 is 9.84 Å². The monoisotopic (exact) mass is 341 g/mol. The number of ether oxygens (including phenoxy) is 1. The third-order valence-electron chi connectivity index (χ3n) is 3.50. The third kappa shape index (κ3) is 6.90. The van der Waals surface area contributed by atoms with Gasteiger partial charge in [-0.1, -0.05) is 13.8 Å². The van der Waals surface area contributed by atoms with E-state index in [1.807, 2.05) is 0 Å². The van der Waals surface area contributed by atoms with Crippen LogP contribution in [0.2, 0.25) is 0 Å². The average Bonchev–Trinajstić information content (AvgIpc) is 2.49. The predicted octanol–water partition coefficient (Wildman–Crippen LogP) is 1.68. The minimum absolute atomic E-state index is 0.287. The van der Waals surface area contributed by atoms with Gasteiger partial charge in [0, 0.05) is 19.3 Å². The van der Waals surface area contributed by atoms with Crippen molar-refractivity contribution in [1.29, 1.82) is 0 Å². The molecule has 1 unspecified atom stereocenters. The number of hydrogen-bond acceptors (Lipinski definition) is 4. The third-order valence-corrected chi connectivity index (χ3v) is 4.63. The zero-order chi connectivity index (χ0) is 17.5. The molecule has 0 bridgehead atoms. The Morgan fingerprint density at radius 2 is 1.83 bits per heavy atom. The minimum atomic E-state index is -3.17. The summed E-state index contributed by atoms with van der Waals surface area (Å²) >= 11 is 0. The minimum Gasteiger partial charge on any atom is -0.492 e. The van der Waals surface area contributed by atoms with E-state index in [9.17, 15) is 8.42 Å². The number of rotatable bonds is 7. The zero-order valence-electron chi connectivity index (χ0n) is 14.5. The summed E-state index contributed by atoms with van der Waals surface area (Å²) < 4.78 is 28.3. The van der Waals surface area contributed by atoms with Gasteiger partial charge >= 0.3 is 0 Å². The first-order valence-electron chi connectivity index (χ1n) is 7.64. The Morgan fingerprint density at radius 1 is 1.22 bits per heavy atom. The molecule has 1 aromatic rings. The molecular weight excluding hydrogens is 314 g/mol. The molecule has 0 aliphatic heterocycles. The van der Waals surface area contributed by atoms with E-state index in [1.54, 1.807) is 31.3 Å². The number of sulfone groups is 1. The number of guanidine groups is 1. The van der Waals surface area contributed by atoms with Crippen LogP contribution in [0, 0.1) is 5.92 Å². The van der Waals surface area contributed by atoms with Crippen molar-refractivity contribution in [3.05, 3.63) is 24.3 Å². The summed E-state index contributed by atoms with van der Waals surface area (Å²) in [6.45, 7) is 7.45. The molecule has 1 atom stereocenters. The van der Waals surface area contributed by atoms with Crippen molar-refractivity contribution < 1.29 is 13.2 Å². The molecule has 1 aromatic carbocycles. The second kappa shape index (κ2) is 8.76. The predicted molar refractivity (Wildman–Crippen MR) is 93.8 cm³/mol. The van der Waals surface area contributed by atoms with Crippen LogP contribution in [0.15, 0.2) is 34.2 Å². The van der Waals surface area contributed by atoms with Gasteiger partial charge in [-0.3, -0.25) is 4.99 Å². The first-order valence-corrected chi connectivity index (χ1v) is 9.53. The second-order valence-corrected chi connectivity index (χ2v) is 7.78. The molecule has 7 heteroatoms. The molecule has 1 rings (SSSR count). The van der Waals surface area contributed by atoms with E-state index in [-0.39, 0.29) is 4.90 Å². The standard InChI is InChI=1S/C16H27N3O3S/c1-12(2)13(3)19-16(17-4)18-10-11-22-14-6-8-15(9-7-14)23(5,20)21/h6-9,12-13H,10-11H2,1-5H3,(H2,17,18,19). The van der Waals surface area contributed by atoms with E-state index in [2.05, 4.69) is 36.4 Å². The highest BCUT2D eigenvalue weighted by Crippen LogP contribution is 2.15. The van der Waals surface area contributed by atoms with Crippen LogP contribution in [-0.2, 0) is 9.84 Å². The van der Waals surface area contributed by atoms with Gasteiger partial charge in [-0.15, -0.1) is 0 Å². The number of aliphatic imine (C=N–C) groups is 1. The Morgan fingerprint density at radius 3 is 2.30 bits per heavy atom. The van der Waals surface area contributed by atoms with Crippen molar-refractivity contribution in [1.82, 2.24) is 10.6 Å². The van der Waals surface area contributed by atoms with Crippen LogP contribution >= 0.6 is 0 Å². The molecule has 0 heterocycles. The van der Waals surface area contributed by atoms with Crippen molar-refractivity contribution in [2.75, 3.05) is 26.5 Å². The highest BCUT2D eigenvalue weighted by atomic mass is 32.2. The molecule has 6 nitrogen and oxygen atoms in total. The molecule has 0 saturated heterocycles. The molecule has 0 aliphatic carbocycles. The van der Waals surface area contributed by atoms with Gasteiger partial charge in [-0.05, 0) is 37.1 Å². The van der Waals surface area contributed by atoms with Gasteiger partial charge < -0.3 is 15.4 Å². The maximum absolute atomic E-state index is 11.4. The lowest BCUT2D eigenvalue weighted by Crippen LogP contribution is -2.45. The lowest BCUT2D eigenvalue weighted by molar-refractivity contribution is 0.321. The second-order valence-electron chi connectivity index (χ2n) is 5.77. The Bertz CT molecular complexity index is 610. The van der Waals surface area contributed by atoms with Gasteiger partial charge in [-0.25, -0.2) is 8.42 Å². The number of nitrogens with one attached hydrogen (secondary N) is 2. The Kier molecular flexibility index (Phi) is 7.35. The average molecular weight is 341 g/mol. The molecule has 0 amide bonds. The molecule has 0 aromatic heterocycles. The van der Waals surface area contributed by atoms with Gasteiger partial charge in [-0.2, -0.15) is 0 Å². The molecule has 0 aliphatic rings. The fraction of sp³-hybridized carbons (Fsp3) is 0.562. The normalized spacial score (nSPS) is 13.7. The Labute approximate surface area is 139 Å². The summed E-state index contributed by atoms with van der Waals surface area (Å²) in [7, 11) is -1.44. The highest BCUT2D eigenvalue weighted by molar-refractivity contribution is 7.90. The van der Waals surface area contributed by atoms with E-state index >= 15 is 0 Å². The topological polar surface area (TPSA) is 79.8 Å².